The number of rotatable bonds is 8. The van der Waals surface area contributed by atoms with Gasteiger partial charge in [-0.15, -0.1) is 0 Å². The van der Waals surface area contributed by atoms with Crippen molar-refractivity contribution in [2.24, 2.45) is 5.92 Å². The minimum Gasteiger partial charge on any atom is -0.383 e. The van der Waals surface area contributed by atoms with E-state index in [1.54, 1.807) is 7.11 Å². The SMILES string of the molecule is COCCNC(=O)C(NC(=O)Cc1ccccc1)C(C)C. The number of hydrogen-bond donors (Lipinski definition) is 2. The monoisotopic (exact) mass is 292 g/mol. The summed E-state index contributed by atoms with van der Waals surface area (Å²) in [5.41, 5.74) is 0.928. The highest BCUT2D eigenvalue weighted by atomic mass is 16.5. The summed E-state index contributed by atoms with van der Waals surface area (Å²) in [5, 5.41) is 5.56. The van der Waals surface area contributed by atoms with Crippen LogP contribution in [0, 0.1) is 5.92 Å². The lowest BCUT2D eigenvalue weighted by atomic mass is 10.0. The summed E-state index contributed by atoms with van der Waals surface area (Å²) in [6.07, 6.45) is 0.273. The largest absolute Gasteiger partial charge is 0.383 e. The van der Waals surface area contributed by atoms with Crippen LogP contribution in [0.4, 0.5) is 0 Å². The number of amides is 2. The zero-order chi connectivity index (χ0) is 15.7. The molecule has 5 nitrogen and oxygen atoms in total. The molecule has 0 radical (unpaired) electrons. The van der Waals surface area contributed by atoms with Crippen LogP contribution in [0.1, 0.15) is 19.4 Å². The van der Waals surface area contributed by atoms with E-state index in [0.29, 0.717) is 13.2 Å². The van der Waals surface area contributed by atoms with Crippen molar-refractivity contribution < 1.29 is 14.3 Å². The fourth-order valence-electron chi connectivity index (χ4n) is 1.93. The van der Waals surface area contributed by atoms with Crippen LogP contribution < -0.4 is 10.6 Å². The Kier molecular flexibility index (Phi) is 7.46. The Labute approximate surface area is 126 Å². The van der Waals surface area contributed by atoms with E-state index in [4.69, 9.17) is 4.74 Å². The molecule has 0 bridgehead atoms. The van der Waals surface area contributed by atoms with Gasteiger partial charge in [0.25, 0.3) is 0 Å². The van der Waals surface area contributed by atoms with Gasteiger partial charge in [0.1, 0.15) is 6.04 Å². The fourth-order valence-corrected chi connectivity index (χ4v) is 1.93. The summed E-state index contributed by atoms with van der Waals surface area (Å²) in [4.78, 5) is 24.1. The molecule has 21 heavy (non-hydrogen) atoms. The summed E-state index contributed by atoms with van der Waals surface area (Å²) in [5.74, 6) is -0.308. The van der Waals surface area contributed by atoms with E-state index in [1.807, 2.05) is 44.2 Å². The number of hydrogen-bond acceptors (Lipinski definition) is 3. The second kappa shape index (κ2) is 9.13. The molecule has 0 spiro atoms. The molecular weight excluding hydrogens is 268 g/mol. The van der Waals surface area contributed by atoms with Crippen LogP contribution >= 0.6 is 0 Å². The molecule has 1 aromatic rings. The van der Waals surface area contributed by atoms with Crippen molar-refractivity contribution in [3.8, 4) is 0 Å². The highest BCUT2D eigenvalue weighted by Gasteiger charge is 2.23. The van der Waals surface area contributed by atoms with Crippen molar-refractivity contribution in [1.29, 1.82) is 0 Å². The summed E-state index contributed by atoms with van der Waals surface area (Å²) in [6, 6.07) is 8.94. The minimum atomic E-state index is -0.530. The lowest BCUT2D eigenvalue weighted by Gasteiger charge is -2.21. The first-order valence-electron chi connectivity index (χ1n) is 7.14. The third kappa shape index (κ3) is 6.40. The summed E-state index contributed by atoms with van der Waals surface area (Å²) >= 11 is 0. The van der Waals surface area contributed by atoms with Crippen molar-refractivity contribution in [3.63, 3.8) is 0 Å². The molecule has 1 rings (SSSR count). The average Bonchev–Trinajstić information content (AvgIpc) is 2.45. The molecule has 2 N–H and O–H groups in total. The van der Waals surface area contributed by atoms with Crippen molar-refractivity contribution in [2.45, 2.75) is 26.3 Å². The Balaban J connectivity index is 2.53. The van der Waals surface area contributed by atoms with Gasteiger partial charge >= 0.3 is 0 Å². The Morgan fingerprint density at radius 3 is 2.43 bits per heavy atom. The molecule has 0 aliphatic rings. The van der Waals surface area contributed by atoms with Gasteiger partial charge in [-0.25, -0.2) is 0 Å². The molecule has 1 unspecified atom stereocenters. The fraction of sp³-hybridized carbons (Fsp3) is 0.500. The van der Waals surface area contributed by atoms with Gasteiger partial charge in [0, 0.05) is 13.7 Å². The molecule has 116 valence electrons. The van der Waals surface area contributed by atoms with Gasteiger partial charge in [0.2, 0.25) is 11.8 Å². The second-order valence-electron chi connectivity index (χ2n) is 5.24. The smallest absolute Gasteiger partial charge is 0.242 e. The molecule has 1 atom stereocenters. The number of methoxy groups -OCH3 is 1. The Bertz CT molecular complexity index is 446. The van der Waals surface area contributed by atoms with Crippen molar-refractivity contribution in [1.82, 2.24) is 10.6 Å². The highest BCUT2D eigenvalue weighted by molar-refractivity contribution is 5.88. The topological polar surface area (TPSA) is 67.4 Å². The van der Waals surface area contributed by atoms with Gasteiger partial charge < -0.3 is 15.4 Å². The van der Waals surface area contributed by atoms with Crippen LogP contribution in [0.5, 0.6) is 0 Å². The number of carbonyl (C=O) groups excluding carboxylic acids is 2. The van der Waals surface area contributed by atoms with Crippen LogP contribution in [0.3, 0.4) is 0 Å². The molecule has 0 aliphatic heterocycles. The maximum atomic E-state index is 12.1. The van der Waals surface area contributed by atoms with Gasteiger partial charge in [-0.05, 0) is 11.5 Å². The van der Waals surface area contributed by atoms with Gasteiger partial charge in [0.15, 0.2) is 0 Å². The molecule has 1 aromatic carbocycles. The maximum Gasteiger partial charge on any atom is 0.242 e. The molecule has 0 heterocycles. The first-order chi connectivity index (χ1) is 10.0. The van der Waals surface area contributed by atoms with Gasteiger partial charge in [0.05, 0.1) is 13.0 Å². The number of carbonyl (C=O) groups is 2. The van der Waals surface area contributed by atoms with Gasteiger partial charge in [-0.1, -0.05) is 44.2 Å². The highest BCUT2D eigenvalue weighted by Crippen LogP contribution is 2.04. The van der Waals surface area contributed by atoms with Crippen molar-refractivity contribution in [2.75, 3.05) is 20.3 Å². The van der Waals surface area contributed by atoms with Crippen LogP contribution in [-0.2, 0) is 20.7 Å². The molecule has 2 amide bonds. The van der Waals surface area contributed by atoms with Crippen LogP contribution in [-0.4, -0.2) is 38.1 Å². The molecule has 0 saturated carbocycles. The normalized spacial score (nSPS) is 12.0. The maximum absolute atomic E-state index is 12.1. The minimum absolute atomic E-state index is 0.0206. The lowest BCUT2D eigenvalue weighted by Crippen LogP contribution is -2.50. The van der Waals surface area contributed by atoms with E-state index in [2.05, 4.69) is 10.6 Å². The molecule has 0 fully saturated rings. The summed E-state index contributed by atoms with van der Waals surface area (Å²) < 4.78 is 4.89. The average molecular weight is 292 g/mol. The van der Waals surface area contributed by atoms with E-state index in [9.17, 15) is 9.59 Å². The Morgan fingerprint density at radius 1 is 1.19 bits per heavy atom. The Hall–Kier alpha value is -1.88. The molecule has 0 aromatic heterocycles. The van der Waals surface area contributed by atoms with Crippen LogP contribution in [0.2, 0.25) is 0 Å². The third-order valence-corrected chi connectivity index (χ3v) is 3.08. The van der Waals surface area contributed by atoms with Crippen molar-refractivity contribution in [3.05, 3.63) is 35.9 Å². The number of ether oxygens (including phenoxy) is 1. The number of benzene rings is 1. The van der Waals surface area contributed by atoms with Crippen LogP contribution in [0.25, 0.3) is 0 Å². The molecule has 0 aliphatic carbocycles. The zero-order valence-electron chi connectivity index (χ0n) is 12.9. The predicted octanol–water partition coefficient (Wildman–Crippen LogP) is 1.13. The van der Waals surface area contributed by atoms with Crippen molar-refractivity contribution >= 4 is 11.8 Å². The van der Waals surface area contributed by atoms with Crippen LogP contribution in [0.15, 0.2) is 30.3 Å². The molecule has 0 saturated heterocycles. The quantitative estimate of drug-likeness (QED) is 0.706. The van der Waals surface area contributed by atoms with E-state index in [0.717, 1.165) is 5.56 Å². The zero-order valence-corrected chi connectivity index (χ0v) is 12.9. The third-order valence-electron chi connectivity index (χ3n) is 3.08. The second-order valence-corrected chi connectivity index (χ2v) is 5.24. The van der Waals surface area contributed by atoms with E-state index in [-0.39, 0.29) is 24.2 Å². The first kappa shape index (κ1) is 17.2. The van der Waals surface area contributed by atoms with E-state index >= 15 is 0 Å². The van der Waals surface area contributed by atoms with E-state index in [1.165, 1.54) is 0 Å². The van der Waals surface area contributed by atoms with E-state index < -0.39 is 6.04 Å². The predicted molar refractivity (Wildman–Crippen MR) is 81.8 cm³/mol. The van der Waals surface area contributed by atoms with Gasteiger partial charge in [-0.3, -0.25) is 9.59 Å². The summed E-state index contributed by atoms with van der Waals surface area (Å²) in [6.45, 7) is 4.70. The standard InChI is InChI=1S/C16H24N2O3/c1-12(2)15(16(20)17-9-10-21-3)18-14(19)11-13-7-5-4-6-8-13/h4-8,12,15H,9-11H2,1-3H3,(H,17,20)(H,18,19). The molecule has 5 heteroatoms. The summed E-state index contributed by atoms with van der Waals surface area (Å²) in [7, 11) is 1.58. The van der Waals surface area contributed by atoms with Gasteiger partial charge in [-0.2, -0.15) is 0 Å². The number of nitrogens with one attached hydrogen (secondary N) is 2. The first-order valence-corrected chi connectivity index (χ1v) is 7.14. The molecular formula is C16H24N2O3. The Morgan fingerprint density at radius 2 is 1.86 bits per heavy atom. The lowest BCUT2D eigenvalue weighted by molar-refractivity contribution is -0.129.